The van der Waals surface area contributed by atoms with Gasteiger partial charge in [0.05, 0.1) is 0 Å². The molecule has 0 unspecified atom stereocenters. The molecule has 0 aromatic rings. The maximum Gasteiger partial charge on any atom is 0.00867 e. The van der Waals surface area contributed by atoms with Crippen molar-refractivity contribution in [3.63, 3.8) is 0 Å². The average molecular weight is 530 g/mol. The van der Waals surface area contributed by atoms with Gasteiger partial charge in [-0.3, -0.25) is 0 Å². The van der Waals surface area contributed by atoms with Crippen LogP contribution in [0.25, 0.3) is 0 Å². The molecule has 0 atom stereocenters. The molecule has 22 heavy (non-hydrogen) atoms. The van der Waals surface area contributed by atoms with E-state index in [4.69, 9.17) is 0 Å². The van der Waals surface area contributed by atoms with Crippen LogP contribution in [0.4, 0.5) is 0 Å². The first kappa shape index (κ1) is 22.9. The molecule has 130 valence electrons. The van der Waals surface area contributed by atoms with Crippen molar-refractivity contribution in [2.24, 2.45) is 0 Å². The number of alkyl halides is 1. The molecule has 0 aromatic carbocycles. The highest BCUT2D eigenvalue weighted by atomic mass is 127. The molecule has 0 aromatic heterocycles. The van der Waals surface area contributed by atoms with E-state index < -0.39 is 0 Å². The molecule has 0 fully saturated rings. The molecule has 0 aliphatic carbocycles. The zero-order valence-electron chi connectivity index (χ0n) is 14.6. The van der Waals surface area contributed by atoms with Crippen LogP contribution in [0.1, 0.15) is 96.8 Å². The van der Waals surface area contributed by atoms with Crippen molar-refractivity contribution >= 4 is 45.2 Å². The van der Waals surface area contributed by atoms with E-state index >= 15 is 0 Å². The van der Waals surface area contributed by atoms with Crippen LogP contribution in [0.2, 0.25) is 0 Å². The van der Waals surface area contributed by atoms with Crippen LogP contribution in [0.15, 0.2) is 21.8 Å². The molecule has 0 amide bonds. The predicted octanol–water partition coefficient (Wildman–Crippen LogP) is 8.78. The van der Waals surface area contributed by atoms with Gasteiger partial charge in [0.2, 0.25) is 0 Å². The first-order chi connectivity index (χ1) is 10.8. The highest BCUT2D eigenvalue weighted by molar-refractivity contribution is 14.1. The Hall–Kier alpha value is 0.940. The molecule has 0 N–H and O–H groups in total. The number of halogens is 2. The van der Waals surface area contributed by atoms with E-state index in [-0.39, 0.29) is 0 Å². The van der Waals surface area contributed by atoms with E-state index in [1.54, 1.807) is 0 Å². The summed E-state index contributed by atoms with van der Waals surface area (Å²) >= 11 is 4.93. The van der Waals surface area contributed by atoms with Gasteiger partial charge in [-0.25, -0.2) is 0 Å². The summed E-state index contributed by atoms with van der Waals surface area (Å²) in [6.45, 7) is 2.25. The lowest BCUT2D eigenvalue weighted by Crippen LogP contribution is -1.82. The SMILES string of the molecule is CCCCC=C(I)C=CCCCCCCCCCCCCI. The normalized spacial score (nSPS) is 12.4. The molecule has 0 aliphatic rings. The second-order valence-electron chi connectivity index (χ2n) is 6.15. The van der Waals surface area contributed by atoms with Crippen LogP contribution < -0.4 is 0 Å². The summed E-state index contributed by atoms with van der Waals surface area (Å²) in [7, 11) is 0. The van der Waals surface area contributed by atoms with Crippen molar-refractivity contribution in [3.8, 4) is 0 Å². The molecule has 0 saturated heterocycles. The maximum absolute atomic E-state index is 2.48. The molecule has 0 nitrogen and oxygen atoms in total. The summed E-state index contributed by atoms with van der Waals surface area (Å²) in [5, 5.41) is 0. The third-order valence-electron chi connectivity index (χ3n) is 3.93. The topological polar surface area (TPSA) is 0 Å². The summed E-state index contributed by atoms with van der Waals surface area (Å²) < 4.78 is 2.74. The predicted molar refractivity (Wildman–Crippen MR) is 120 cm³/mol. The van der Waals surface area contributed by atoms with Gasteiger partial charge in [0.1, 0.15) is 0 Å². The van der Waals surface area contributed by atoms with Gasteiger partial charge in [0, 0.05) is 3.58 Å². The molecule has 0 spiro atoms. The van der Waals surface area contributed by atoms with Gasteiger partial charge in [0.15, 0.2) is 0 Å². The van der Waals surface area contributed by atoms with E-state index in [0.717, 1.165) is 0 Å². The minimum absolute atomic E-state index is 1.23. The summed E-state index contributed by atoms with van der Waals surface area (Å²) in [5.74, 6) is 0. The highest BCUT2D eigenvalue weighted by Gasteiger charge is 1.92. The molecule has 0 heterocycles. The lowest BCUT2D eigenvalue weighted by atomic mass is 10.1. The Bertz CT molecular complexity index is 269. The van der Waals surface area contributed by atoms with Crippen molar-refractivity contribution in [2.75, 3.05) is 4.43 Å². The molecule has 0 radical (unpaired) electrons. The number of allylic oxidation sites excluding steroid dienone is 4. The molecule has 0 saturated carbocycles. The number of hydrogen-bond acceptors (Lipinski definition) is 0. The summed E-state index contributed by atoms with van der Waals surface area (Å²) in [6.07, 6.45) is 26.5. The second kappa shape index (κ2) is 20.0. The smallest absolute Gasteiger partial charge is 0.00867 e. The minimum Gasteiger partial charge on any atom is -0.0864 e. The fraction of sp³-hybridized carbons (Fsp3) is 0.800. The minimum atomic E-state index is 1.23. The Labute approximate surface area is 167 Å². The molecule has 2 heteroatoms. The molecular formula is C20H36I2. The van der Waals surface area contributed by atoms with Crippen LogP contribution >= 0.6 is 45.2 Å². The summed E-state index contributed by atoms with van der Waals surface area (Å²) in [5.41, 5.74) is 0. The van der Waals surface area contributed by atoms with Gasteiger partial charge in [-0.05, 0) is 52.7 Å². The van der Waals surface area contributed by atoms with Crippen molar-refractivity contribution in [1.29, 1.82) is 0 Å². The van der Waals surface area contributed by atoms with E-state index in [0.29, 0.717) is 0 Å². The van der Waals surface area contributed by atoms with Crippen molar-refractivity contribution in [2.45, 2.75) is 96.8 Å². The summed E-state index contributed by atoms with van der Waals surface area (Å²) in [6, 6.07) is 0. The highest BCUT2D eigenvalue weighted by Crippen LogP contribution is 2.14. The number of rotatable bonds is 16. The fourth-order valence-corrected chi connectivity index (χ4v) is 3.58. The van der Waals surface area contributed by atoms with E-state index in [9.17, 15) is 0 Å². The standard InChI is InChI=1S/C20H36I2/c1-2-3-14-17-20(22)18-15-12-10-8-6-4-5-7-9-11-13-16-19-21/h15,17-18H,2-14,16,19H2,1H3. The first-order valence-corrected chi connectivity index (χ1v) is 12.0. The lowest BCUT2D eigenvalue weighted by Gasteiger charge is -2.01. The van der Waals surface area contributed by atoms with Crippen LogP contribution in [0.5, 0.6) is 0 Å². The number of unbranched alkanes of at least 4 members (excludes halogenated alkanes) is 12. The van der Waals surface area contributed by atoms with Gasteiger partial charge in [0.25, 0.3) is 0 Å². The zero-order valence-corrected chi connectivity index (χ0v) is 18.9. The van der Waals surface area contributed by atoms with E-state index in [1.165, 1.54) is 97.9 Å². The molecule has 0 aliphatic heterocycles. The van der Waals surface area contributed by atoms with Gasteiger partial charge in [-0.2, -0.15) is 0 Å². The van der Waals surface area contributed by atoms with Gasteiger partial charge < -0.3 is 0 Å². The monoisotopic (exact) mass is 530 g/mol. The average Bonchev–Trinajstić information content (AvgIpc) is 2.52. The van der Waals surface area contributed by atoms with Gasteiger partial charge >= 0.3 is 0 Å². The zero-order chi connectivity index (χ0) is 16.3. The van der Waals surface area contributed by atoms with Crippen LogP contribution in [0, 0.1) is 0 Å². The van der Waals surface area contributed by atoms with E-state index in [2.05, 4.69) is 70.3 Å². The van der Waals surface area contributed by atoms with Crippen molar-refractivity contribution in [1.82, 2.24) is 0 Å². The van der Waals surface area contributed by atoms with Crippen molar-refractivity contribution in [3.05, 3.63) is 21.8 Å². The van der Waals surface area contributed by atoms with Crippen LogP contribution in [-0.2, 0) is 0 Å². The summed E-state index contributed by atoms with van der Waals surface area (Å²) in [4.78, 5) is 0. The lowest BCUT2D eigenvalue weighted by molar-refractivity contribution is 0.559. The Morgan fingerprint density at radius 3 is 1.82 bits per heavy atom. The van der Waals surface area contributed by atoms with Gasteiger partial charge in [-0.15, -0.1) is 0 Å². The third kappa shape index (κ3) is 19.0. The first-order valence-electron chi connectivity index (χ1n) is 9.39. The molecule has 0 bridgehead atoms. The Balaban J connectivity index is 3.24. The Morgan fingerprint density at radius 1 is 0.727 bits per heavy atom. The largest absolute Gasteiger partial charge is 0.0864 e. The van der Waals surface area contributed by atoms with Crippen LogP contribution in [-0.4, -0.2) is 4.43 Å². The molecular weight excluding hydrogens is 494 g/mol. The Morgan fingerprint density at radius 2 is 1.27 bits per heavy atom. The number of hydrogen-bond donors (Lipinski definition) is 0. The van der Waals surface area contributed by atoms with Crippen LogP contribution in [0.3, 0.4) is 0 Å². The Kier molecular flexibility index (Phi) is 20.8. The van der Waals surface area contributed by atoms with Crippen molar-refractivity contribution < 1.29 is 0 Å². The maximum atomic E-state index is 2.48. The fourth-order valence-electron chi connectivity index (χ4n) is 2.48. The van der Waals surface area contributed by atoms with Gasteiger partial charge in [-0.1, -0.05) is 112 Å². The third-order valence-corrected chi connectivity index (χ3v) is 5.49. The quantitative estimate of drug-likeness (QED) is 0.0810. The van der Waals surface area contributed by atoms with E-state index in [1.807, 2.05) is 0 Å². The second-order valence-corrected chi connectivity index (χ2v) is 8.47. The molecule has 0 rings (SSSR count).